The first-order valence-corrected chi connectivity index (χ1v) is 8.25. The molecule has 0 bridgehead atoms. The van der Waals surface area contributed by atoms with Gasteiger partial charge in [-0.2, -0.15) is 0 Å². The van der Waals surface area contributed by atoms with Crippen LogP contribution in [0.3, 0.4) is 0 Å². The van der Waals surface area contributed by atoms with Crippen molar-refractivity contribution in [1.82, 2.24) is 31.3 Å². The smallest absolute Gasteiger partial charge is 0.0715 e. The summed E-state index contributed by atoms with van der Waals surface area (Å²) in [7, 11) is 0. The van der Waals surface area contributed by atoms with Gasteiger partial charge in [0.15, 0.2) is 0 Å². The van der Waals surface area contributed by atoms with Crippen LogP contribution in [-0.4, -0.2) is 74.2 Å². The number of hydrazine groups is 1. The number of hydrogen-bond donors (Lipinski definition) is 5. The molecule has 0 aromatic heterocycles. The molecule has 1 saturated heterocycles. The van der Waals surface area contributed by atoms with E-state index < -0.39 is 0 Å². The van der Waals surface area contributed by atoms with Gasteiger partial charge in [0.2, 0.25) is 0 Å². The van der Waals surface area contributed by atoms with E-state index in [9.17, 15) is 0 Å². The molecule has 3 unspecified atom stereocenters. The van der Waals surface area contributed by atoms with Gasteiger partial charge in [0.25, 0.3) is 0 Å². The first-order valence-electron chi connectivity index (χ1n) is 8.25. The van der Waals surface area contributed by atoms with Crippen LogP contribution in [0.25, 0.3) is 0 Å². The van der Waals surface area contributed by atoms with Gasteiger partial charge >= 0.3 is 0 Å². The van der Waals surface area contributed by atoms with Crippen molar-refractivity contribution in [1.29, 1.82) is 0 Å². The van der Waals surface area contributed by atoms with E-state index in [1.165, 1.54) is 0 Å². The van der Waals surface area contributed by atoms with Crippen LogP contribution in [0.1, 0.15) is 27.7 Å². The fourth-order valence-electron chi connectivity index (χ4n) is 2.77. The van der Waals surface area contributed by atoms with E-state index in [0.29, 0.717) is 12.7 Å². The van der Waals surface area contributed by atoms with E-state index in [2.05, 4.69) is 59.0 Å². The third kappa shape index (κ3) is 7.01. The average molecular weight is 301 g/mol. The lowest BCUT2D eigenvalue weighted by Gasteiger charge is -2.37. The molecule has 0 spiro atoms. The summed E-state index contributed by atoms with van der Waals surface area (Å²) < 4.78 is 0. The normalized spacial score (nSPS) is 21.4. The quantitative estimate of drug-likeness (QED) is 0.259. The van der Waals surface area contributed by atoms with Crippen LogP contribution in [0.5, 0.6) is 0 Å². The third-order valence-electron chi connectivity index (χ3n) is 3.95. The first-order chi connectivity index (χ1) is 10.1. The highest BCUT2D eigenvalue weighted by atomic mass is 15.6. The van der Waals surface area contributed by atoms with Gasteiger partial charge in [-0.15, -0.1) is 0 Å². The molecule has 1 fully saturated rings. The van der Waals surface area contributed by atoms with E-state index in [-0.39, 0.29) is 12.3 Å². The van der Waals surface area contributed by atoms with Crippen LogP contribution in [0.2, 0.25) is 0 Å². The van der Waals surface area contributed by atoms with Gasteiger partial charge in [-0.25, -0.2) is 5.01 Å². The lowest BCUT2D eigenvalue weighted by Crippen LogP contribution is -2.60. The maximum Gasteiger partial charge on any atom is 0.0715 e. The molecule has 1 rings (SSSR count). The van der Waals surface area contributed by atoms with Crippen LogP contribution in [0.4, 0.5) is 0 Å². The fraction of sp³-hybridized carbons (Fsp3) is 1.00. The van der Waals surface area contributed by atoms with E-state index in [0.717, 1.165) is 39.3 Å². The number of nitrogens with zero attached hydrogens (tertiary/aromatic N) is 2. The number of nitrogens with one attached hydrogen (secondary N) is 4. The van der Waals surface area contributed by atoms with E-state index in [1.54, 1.807) is 0 Å². The molecular formula is C14H35N7. The summed E-state index contributed by atoms with van der Waals surface area (Å²) in [5.41, 5.74) is 8.89. The molecule has 7 nitrogen and oxygen atoms in total. The second-order valence-corrected chi connectivity index (χ2v) is 5.68. The van der Waals surface area contributed by atoms with Gasteiger partial charge in [-0.1, -0.05) is 6.92 Å². The summed E-state index contributed by atoms with van der Waals surface area (Å²) in [5.74, 6) is 0. The predicted molar refractivity (Wildman–Crippen MR) is 88.5 cm³/mol. The van der Waals surface area contributed by atoms with Crippen molar-refractivity contribution in [3.63, 3.8) is 0 Å². The monoisotopic (exact) mass is 301 g/mol. The molecule has 126 valence electrons. The number of rotatable bonds is 10. The highest BCUT2D eigenvalue weighted by Crippen LogP contribution is 2.00. The predicted octanol–water partition coefficient (Wildman–Crippen LogP) is -1.11. The highest BCUT2D eigenvalue weighted by molar-refractivity contribution is 4.75. The molecule has 1 aliphatic heterocycles. The van der Waals surface area contributed by atoms with Gasteiger partial charge in [-0.3, -0.25) is 21.0 Å². The van der Waals surface area contributed by atoms with E-state index in [1.807, 2.05) is 0 Å². The van der Waals surface area contributed by atoms with Crippen molar-refractivity contribution >= 4 is 0 Å². The zero-order valence-electron chi connectivity index (χ0n) is 14.2. The molecule has 0 radical (unpaired) electrons. The average Bonchev–Trinajstić information content (AvgIpc) is 2.48. The molecule has 1 heterocycles. The Kier molecular flexibility index (Phi) is 9.34. The van der Waals surface area contributed by atoms with Gasteiger partial charge in [-0.05, 0) is 20.8 Å². The van der Waals surface area contributed by atoms with Crippen molar-refractivity contribution in [2.45, 2.75) is 46.2 Å². The highest BCUT2D eigenvalue weighted by Gasteiger charge is 2.19. The van der Waals surface area contributed by atoms with Crippen molar-refractivity contribution in [3.8, 4) is 0 Å². The molecule has 7 heteroatoms. The van der Waals surface area contributed by atoms with Crippen molar-refractivity contribution in [2.24, 2.45) is 5.73 Å². The second-order valence-electron chi connectivity index (χ2n) is 5.68. The Labute approximate surface area is 130 Å². The Hall–Kier alpha value is -0.280. The molecule has 0 aliphatic carbocycles. The Bertz CT molecular complexity index is 258. The van der Waals surface area contributed by atoms with E-state index >= 15 is 0 Å². The number of piperazine rings is 1. The fourth-order valence-corrected chi connectivity index (χ4v) is 2.77. The number of hydrogen-bond acceptors (Lipinski definition) is 7. The van der Waals surface area contributed by atoms with Crippen molar-refractivity contribution in [3.05, 3.63) is 0 Å². The van der Waals surface area contributed by atoms with Gasteiger partial charge in [0.05, 0.1) is 18.5 Å². The maximum absolute atomic E-state index is 5.55. The first kappa shape index (κ1) is 18.8. The van der Waals surface area contributed by atoms with Gasteiger partial charge < -0.3 is 11.1 Å². The summed E-state index contributed by atoms with van der Waals surface area (Å²) in [6.07, 6.45) is 0.881. The molecule has 6 N–H and O–H groups in total. The van der Waals surface area contributed by atoms with Gasteiger partial charge in [0.1, 0.15) is 0 Å². The van der Waals surface area contributed by atoms with Crippen molar-refractivity contribution in [2.75, 3.05) is 45.8 Å². The largest absolute Gasteiger partial charge is 0.329 e. The topological polar surface area (TPSA) is 80.6 Å². The van der Waals surface area contributed by atoms with Crippen LogP contribution in [0, 0.1) is 0 Å². The Morgan fingerprint density at radius 3 is 2.43 bits per heavy atom. The minimum Gasteiger partial charge on any atom is -0.329 e. The molecule has 1 aliphatic rings. The second kappa shape index (κ2) is 10.4. The summed E-state index contributed by atoms with van der Waals surface area (Å²) in [4.78, 5) is 2.48. The molecule has 21 heavy (non-hydrogen) atoms. The maximum atomic E-state index is 5.55. The van der Waals surface area contributed by atoms with Crippen molar-refractivity contribution < 1.29 is 0 Å². The molecule has 0 amide bonds. The van der Waals surface area contributed by atoms with Crippen LogP contribution in [-0.2, 0) is 0 Å². The Balaban J connectivity index is 2.31. The zero-order valence-corrected chi connectivity index (χ0v) is 14.2. The Morgan fingerprint density at radius 1 is 1.19 bits per heavy atom. The van der Waals surface area contributed by atoms with Gasteiger partial charge in [0, 0.05) is 45.8 Å². The Morgan fingerprint density at radius 2 is 1.86 bits per heavy atom. The van der Waals surface area contributed by atoms with Crippen LogP contribution < -0.4 is 27.1 Å². The standard InChI is InChI=1S/C14H35N7/c1-5-21(17-7-6-15)14(4)19-12(2)18-13(3)20-10-8-16-9-11-20/h12-14,16-19H,5-11,15H2,1-4H3. The summed E-state index contributed by atoms with van der Waals surface area (Å²) in [6, 6.07) is 0. The minimum atomic E-state index is 0.249. The molecule has 0 aromatic rings. The lowest BCUT2D eigenvalue weighted by atomic mass is 10.3. The zero-order chi connectivity index (χ0) is 15.7. The minimum absolute atomic E-state index is 0.249. The van der Waals surface area contributed by atoms with Crippen LogP contribution in [0.15, 0.2) is 0 Å². The lowest BCUT2D eigenvalue weighted by molar-refractivity contribution is 0.0917. The van der Waals surface area contributed by atoms with E-state index in [4.69, 9.17) is 5.73 Å². The third-order valence-corrected chi connectivity index (χ3v) is 3.95. The molecular weight excluding hydrogens is 266 g/mol. The summed E-state index contributed by atoms with van der Waals surface area (Å²) in [5, 5.41) is 12.8. The summed E-state index contributed by atoms with van der Waals surface area (Å²) in [6.45, 7) is 15.5. The molecule has 3 atom stereocenters. The van der Waals surface area contributed by atoms with Crippen LogP contribution >= 0.6 is 0 Å². The molecule has 0 aromatic carbocycles. The SMILES string of the molecule is CCN(NCCN)C(C)NC(C)NC(C)N1CCNCC1. The molecule has 0 saturated carbocycles. The summed E-state index contributed by atoms with van der Waals surface area (Å²) >= 11 is 0. The number of nitrogens with two attached hydrogens (primary N) is 1.